The van der Waals surface area contributed by atoms with E-state index in [2.05, 4.69) is 55.4 Å². The molecule has 1 N–H and O–H groups in total. The number of Topliss-reactive ketones (excluding diaryl/α,β-unsaturated/α-hetero) is 1. The van der Waals surface area contributed by atoms with Crippen molar-refractivity contribution >= 4 is 5.78 Å². The molecule has 0 saturated carbocycles. The highest BCUT2D eigenvalue weighted by molar-refractivity contribution is 5.72. The Labute approximate surface area is 172 Å². The minimum absolute atomic E-state index is 0.167. The maximum atomic E-state index is 9.46. The van der Waals surface area contributed by atoms with Gasteiger partial charge in [-0.05, 0) is 50.5 Å². The van der Waals surface area contributed by atoms with Gasteiger partial charge in [-0.1, -0.05) is 75.2 Å². The van der Waals surface area contributed by atoms with Crippen molar-refractivity contribution in [1.82, 2.24) is 0 Å². The minimum atomic E-state index is 0.167. The van der Waals surface area contributed by atoms with Crippen LogP contribution in [-0.2, 0) is 9.53 Å². The molecule has 0 aromatic carbocycles. The molecule has 27 heavy (non-hydrogen) atoms. The summed E-state index contributed by atoms with van der Waals surface area (Å²) in [6.07, 6.45) is 7.47. The first-order valence-corrected chi connectivity index (χ1v) is 10.9. The number of ether oxygens (including phenoxy) is 1. The molecule has 0 unspecified atom stereocenters. The molecule has 0 aromatic heterocycles. The van der Waals surface area contributed by atoms with Gasteiger partial charge in [0.2, 0.25) is 0 Å². The molecule has 0 saturated heterocycles. The lowest BCUT2D eigenvalue weighted by Gasteiger charge is -2.06. The Bertz CT molecular complexity index is 303. The Hall–Kier alpha value is -0.830. The van der Waals surface area contributed by atoms with Gasteiger partial charge >= 0.3 is 0 Å². The van der Waals surface area contributed by atoms with E-state index in [4.69, 9.17) is 4.74 Å². The van der Waals surface area contributed by atoms with Gasteiger partial charge in [0.15, 0.2) is 0 Å². The van der Waals surface area contributed by atoms with Gasteiger partial charge in [-0.2, -0.15) is 0 Å². The smallest absolute Gasteiger partial charge is 0.126 e. The Kier molecular flexibility index (Phi) is 31.4. The normalized spacial score (nSPS) is 9.59. The van der Waals surface area contributed by atoms with E-state index in [0.29, 0.717) is 11.2 Å². The number of ketones is 1. The molecule has 0 amide bonds. The zero-order chi connectivity index (χ0) is 22.3. The Morgan fingerprint density at radius 1 is 0.778 bits per heavy atom. The summed E-state index contributed by atoms with van der Waals surface area (Å²) in [4.78, 5) is 9.44. The van der Waals surface area contributed by atoms with Gasteiger partial charge in [-0.3, -0.25) is 0 Å². The van der Waals surface area contributed by atoms with Crippen LogP contribution in [0.25, 0.3) is 0 Å². The van der Waals surface area contributed by atoms with Gasteiger partial charge in [-0.25, -0.2) is 0 Å². The molecular weight excluding hydrogens is 336 g/mol. The third kappa shape index (κ3) is 58.7. The largest absolute Gasteiger partial charge is 0.512 e. The second-order valence-electron chi connectivity index (χ2n) is 8.42. The van der Waals surface area contributed by atoms with Crippen LogP contribution in [0, 0.1) is 5.41 Å². The SMILES string of the molecule is CC(C)(C)C.CC(C)=O.CCCC(CCC)=C(O)CC.CCCOCCC. The number of carbonyl (C=O) groups excluding carboxylic acids is 1. The Morgan fingerprint density at radius 3 is 1.26 bits per heavy atom. The number of allylic oxidation sites excluding steroid dienone is 2. The van der Waals surface area contributed by atoms with Crippen molar-refractivity contribution < 1.29 is 14.6 Å². The number of carbonyl (C=O) groups is 1. The van der Waals surface area contributed by atoms with Crippen LogP contribution in [0.3, 0.4) is 0 Å². The van der Waals surface area contributed by atoms with Gasteiger partial charge < -0.3 is 14.6 Å². The number of aliphatic hydroxyl groups excluding tert-OH is 1. The first kappa shape index (κ1) is 33.7. The molecule has 0 heterocycles. The predicted molar refractivity (Wildman–Crippen MR) is 123 cm³/mol. The molecule has 0 fully saturated rings. The number of aliphatic hydroxyl groups is 1. The fourth-order valence-corrected chi connectivity index (χ4v) is 1.66. The van der Waals surface area contributed by atoms with Crippen LogP contribution in [0.15, 0.2) is 11.3 Å². The summed E-state index contributed by atoms with van der Waals surface area (Å²) in [6.45, 7) is 24.2. The zero-order valence-corrected chi connectivity index (χ0v) is 20.6. The quantitative estimate of drug-likeness (QED) is 0.319. The summed E-state index contributed by atoms with van der Waals surface area (Å²) >= 11 is 0. The van der Waals surface area contributed by atoms with Gasteiger partial charge in [0.25, 0.3) is 0 Å². The van der Waals surface area contributed by atoms with Gasteiger partial charge in [0, 0.05) is 19.6 Å². The average Bonchev–Trinajstić information content (AvgIpc) is 2.53. The van der Waals surface area contributed by atoms with Crippen molar-refractivity contribution in [3.8, 4) is 0 Å². The van der Waals surface area contributed by atoms with Gasteiger partial charge in [-0.15, -0.1) is 0 Å². The van der Waals surface area contributed by atoms with E-state index >= 15 is 0 Å². The van der Waals surface area contributed by atoms with E-state index < -0.39 is 0 Å². The molecule has 0 aliphatic rings. The van der Waals surface area contributed by atoms with E-state index in [0.717, 1.165) is 58.2 Å². The standard InChI is InChI=1S/C10H20O.C6H14O.C5H12.C3H6O/c1-4-7-9(8-5-2)10(11)6-3;1-3-5-7-6-4-2;1-5(2,3)4;1-3(2)4/h11H,4-8H2,1-3H3;3-6H2,1-2H3;1-4H3;1-2H3. The highest BCUT2D eigenvalue weighted by Crippen LogP contribution is 2.17. The summed E-state index contributed by atoms with van der Waals surface area (Å²) in [5, 5.41) is 9.46. The summed E-state index contributed by atoms with van der Waals surface area (Å²) in [6, 6.07) is 0. The van der Waals surface area contributed by atoms with E-state index in [1.807, 2.05) is 6.92 Å². The van der Waals surface area contributed by atoms with Crippen molar-refractivity contribution in [2.24, 2.45) is 5.41 Å². The highest BCUT2D eigenvalue weighted by Gasteiger charge is 2.01. The molecule has 0 spiro atoms. The van der Waals surface area contributed by atoms with Crippen molar-refractivity contribution in [2.45, 2.75) is 121 Å². The Balaban J connectivity index is -0.000000142. The molecule has 3 heteroatoms. The Morgan fingerprint density at radius 2 is 1.07 bits per heavy atom. The summed E-state index contributed by atoms with van der Waals surface area (Å²) in [5.74, 6) is 0.786. The second-order valence-corrected chi connectivity index (χ2v) is 8.42. The first-order valence-electron chi connectivity index (χ1n) is 10.9. The summed E-state index contributed by atoms with van der Waals surface area (Å²) < 4.78 is 5.13. The molecule has 0 bridgehead atoms. The molecule has 0 aromatic rings. The van der Waals surface area contributed by atoms with Crippen LogP contribution < -0.4 is 0 Å². The third-order valence-electron chi connectivity index (χ3n) is 2.54. The maximum Gasteiger partial charge on any atom is 0.126 e. The fraction of sp³-hybridized carbons (Fsp3) is 0.875. The fourth-order valence-electron chi connectivity index (χ4n) is 1.66. The average molecular weight is 389 g/mol. The lowest BCUT2D eigenvalue weighted by molar-refractivity contribution is -0.114. The summed E-state index contributed by atoms with van der Waals surface area (Å²) in [7, 11) is 0. The number of rotatable bonds is 9. The van der Waals surface area contributed by atoms with Crippen LogP contribution >= 0.6 is 0 Å². The third-order valence-corrected chi connectivity index (χ3v) is 2.54. The van der Waals surface area contributed by atoms with Gasteiger partial charge in [0.1, 0.15) is 5.78 Å². The van der Waals surface area contributed by atoms with Crippen LogP contribution in [0.1, 0.15) is 121 Å². The molecule has 0 aliphatic carbocycles. The van der Waals surface area contributed by atoms with E-state index in [1.54, 1.807) is 0 Å². The highest BCUT2D eigenvalue weighted by atomic mass is 16.5. The maximum absolute atomic E-state index is 9.46. The molecule has 166 valence electrons. The molecule has 0 radical (unpaired) electrons. The number of hydrogen-bond acceptors (Lipinski definition) is 3. The van der Waals surface area contributed by atoms with Crippen molar-refractivity contribution in [2.75, 3.05) is 13.2 Å². The summed E-state index contributed by atoms with van der Waals surface area (Å²) in [5.41, 5.74) is 1.76. The lowest BCUT2D eigenvalue weighted by atomic mass is 10.0. The molecule has 3 nitrogen and oxygen atoms in total. The number of hydrogen-bond donors (Lipinski definition) is 1. The van der Waals surface area contributed by atoms with E-state index in [9.17, 15) is 9.90 Å². The van der Waals surface area contributed by atoms with E-state index in [1.165, 1.54) is 19.4 Å². The first-order chi connectivity index (χ1) is 12.4. The van der Waals surface area contributed by atoms with Gasteiger partial charge in [0.05, 0.1) is 5.76 Å². The van der Waals surface area contributed by atoms with Crippen molar-refractivity contribution in [3.05, 3.63) is 11.3 Å². The van der Waals surface area contributed by atoms with Crippen LogP contribution in [0.2, 0.25) is 0 Å². The van der Waals surface area contributed by atoms with Crippen LogP contribution in [-0.4, -0.2) is 24.1 Å². The minimum Gasteiger partial charge on any atom is -0.512 e. The van der Waals surface area contributed by atoms with Crippen molar-refractivity contribution in [3.63, 3.8) is 0 Å². The lowest BCUT2D eigenvalue weighted by Crippen LogP contribution is -1.93. The predicted octanol–water partition coefficient (Wildman–Crippen LogP) is 8.28. The topological polar surface area (TPSA) is 46.5 Å². The molecule has 0 atom stereocenters. The monoisotopic (exact) mass is 388 g/mol. The molecular formula is C24H52O3. The van der Waals surface area contributed by atoms with Crippen LogP contribution in [0.5, 0.6) is 0 Å². The van der Waals surface area contributed by atoms with E-state index in [-0.39, 0.29) is 5.78 Å². The zero-order valence-electron chi connectivity index (χ0n) is 20.6. The van der Waals surface area contributed by atoms with Crippen molar-refractivity contribution in [1.29, 1.82) is 0 Å². The molecule has 0 aliphatic heterocycles. The van der Waals surface area contributed by atoms with Crippen LogP contribution in [0.4, 0.5) is 0 Å². The molecule has 0 rings (SSSR count). The second kappa shape index (κ2) is 25.2.